The molecule has 1 fully saturated rings. The SMILES string of the molecule is C#CC1CC1c1csc2nc(Cn3nc(C(F)(F)F)cc3Cl)cc(=O)n12. The zero-order valence-electron chi connectivity index (χ0n) is 13.0. The maximum absolute atomic E-state index is 12.7. The molecule has 2 unspecified atom stereocenters. The minimum atomic E-state index is -4.59. The summed E-state index contributed by atoms with van der Waals surface area (Å²) >= 11 is 7.11. The van der Waals surface area contributed by atoms with Crippen molar-refractivity contribution in [2.45, 2.75) is 25.1 Å². The molecule has 3 heterocycles. The molecule has 0 saturated heterocycles. The molecule has 0 radical (unpaired) electrons. The Balaban J connectivity index is 1.68. The number of thiazole rings is 1. The van der Waals surface area contributed by atoms with Crippen LogP contribution in [-0.4, -0.2) is 19.2 Å². The monoisotopic (exact) mass is 398 g/mol. The van der Waals surface area contributed by atoms with Gasteiger partial charge in [0.05, 0.1) is 12.2 Å². The van der Waals surface area contributed by atoms with Crippen molar-refractivity contribution in [1.82, 2.24) is 19.2 Å². The molecule has 1 aliphatic rings. The fourth-order valence-corrected chi connectivity index (χ4v) is 4.00. The van der Waals surface area contributed by atoms with E-state index in [1.165, 1.54) is 21.8 Å². The van der Waals surface area contributed by atoms with Gasteiger partial charge in [-0.1, -0.05) is 11.6 Å². The van der Waals surface area contributed by atoms with E-state index < -0.39 is 11.9 Å². The smallest absolute Gasteiger partial charge is 0.269 e. The van der Waals surface area contributed by atoms with Crippen molar-refractivity contribution in [3.8, 4) is 12.3 Å². The van der Waals surface area contributed by atoms with E-state index in [0.29, 0.717) is 4.96 Å². The van der Waals surface area contributed by atoms with E-state index in [2.05, 4.69) is 16.0 Å². The topological polar surface area (TPSA) is 52.2 Å². The standard InChI is InChI=1S/C16H10ClF3N4OS/c1-2-8-3-10(8)11-7-26-15-21-9(4-14(25)24(11)15)6-23-13(17)5-12(22-23)16(18,19)20/h1,4-5,7-8,10H,3,6H2. The number of rotatable bonds is 3. The van der Waals surface area contributed by atoms with Gasteiger partial charge in [0.1, 0.15) is 5.15 Å². The Bertz CT molecular complexity index is 1110. The summed E-state index contributed by atoms with van der Waals surface area (Å²) in [6.07, 6.45) is 1.66. The van der Waals surface area contributed by atoms with Gasteiger partial charge in [-0.05, 0) is 6.42 Å². The molecule has 3 aromatic heterocycles. The average molecular weight is 399 g/mol. The maximum Gasteiger partial charge on any atom is 0.435 e. The lowest BCUT2D eigenvalue weighted by Crippen LogP contribution is -2.18. The van der Waals surface area contributed by atoms with Crippen molar-refractivity contribution in [1.29, 1.82) is 0 Å². The fourth-order valence-electron chi connectivity index (χ4n) is 2.83. The van der Waals surface area contributed by atoms with Gasteiger partial charge in [-0.15, -0.1) is 23.7 Å². The van der Waals surface area contributed by atoms with Crippen molar-refractivity contribution in [2.75, 3.05) is 0 Å². The molecule has 0 aliphatic heterocycles. The molecule has 5 nitrogen and oxygen atoms in total. The molecule has 0 spiro atoms. The first kappa shape index (κ1) is 17.1. The third-order valence-electron chi connectivity index (χ3n) is 4.20. The maximum atomic E-state index is 12.7. The van der Waals surface area contributed by atoms with Crippen LogP contribution in [0, 0.1) is 18.3 Å². The zero-order valence-corrected chi connectivity index (χ0v) is 14.6. The molecule has 10 heteroatoms. The number of alkyl halides is 3. The van der Waals surface area contributed by atoms with Crippen LogP contribution in [-0.2, 0) is 12.7 Å². The van der Waals surface area contributed by atoms with Crippen LogP contribution in [0.2, 0.25) is 5.15 Å². The Morgan fingerprint density at radius 3 is 2.81 bits per heavy atom. The van der Waals surface area contributed by atoms with Crippen molar-refractivity contribution < 1.29 is 13.2 Å². The van der Waals surface area contributed by atoms with Crippen LogP contribution in [0.3, 0.4) is 0 Å². The molecule has 1 aliphatic carbocycles. The Labute approximate surface area is 154 Å². The number of aromatic nitrogens is 4. The number of hydrogen-bond donors (Lipinski definition) is 0. The number of terminal acetylenes is 1. The van der Waals surface area contributed by atoms with Gasteiger partial charge < -0.3 is 0 Å². The summed E-state index contributed by atoms with van der Waals surface area (Å²) in [4.78, 5) is 17.3. The second-order valence-corrected chi connectivity index (χ2v) is 7.21. The predicted molar refractivity (Wildman–Crippen MR) is 90.4 cm³/mol. The van der Waals surface area contributed by atoms with E-state index in [-0.39, 0.29) is 34.8 Å². The van der Waals surface area contributed by atoms with Gasteiger partial charge in [0.25, 0.3) is 5.56 Å². The van der Waals surface area contributed by atoms with Crippen LogP contribution in [0.4, 0.5) is 13.2 Å². The molecular formula is C16H10ClF3N4OS. The van der Waals surface area contributed by atoms with Crippen LogP contribution in [0.5, 0.6) is 0 Å². The second kappa shape index (κ2) is 5.86. The third-order valence-corrected chi connectivity index (χ3v) is 5.35. The predicted octanol–water partition coefficient (Wildman–Crippen LogP) is 3.41. The summed E-state index contributed by atoms with van der Waals surface area (Å²) in [5.74, 6) is 2.95. The van der Waals surface area contributed by atoms with Gasteiger partial charge in [-0.25, -0.2) is 9.67 Å². The van der Waals surface area contributed by atoms with Crippen LogP contribution < -0.4 is 5.56 Å². The minimum absolute atomic E-state index is 0.128. The average Bonchev–Trinajstić information content (AvgIpc) is 3.07. The number of halogens is 4. The molecule has 3 aromatic rings. The van der Waals surface area contributed by atoms with Gasteiger partial charge in [0.15, 0.2) is 10.7 Å². The minimum Gasteiger partial charge on any atom is -0.269 e. The highest BCUT2D eigenvalue weighted by Gasteiger charge is 2.39. The largest absolute Gasteiger partial charge is 0.435 e. The highest BCUT2D eigenvalue weighted by molar-refractivity contribution is 7.15. The molecule has 0 aromatic carbocycles. The molecule has 0 N–H and O–H groups in total. The summed E-state index contributed by atoms with van der Waals surface area (Å²) in [6, 6.07) is 2.02. The quantitative estimate of drug-likeness (QED) is 0.635. The third kappa shape index (κ3) is 2.89. The summed E-state index contributed by atoms with van der Waals surface area (Å²) < 4.78 is 40.6. The lowest BCUT2D eigenvalue weighted by molar-refractivity contribution is -0.141. The van der Waals surface area contributed by atoms with E-state index in [0.717, 1.165) is 22.9 Å². The van der Waals surface area contributed by atoms with Gasteiger partial charge in [0.2, 0.25) is 0 Å². The Morgan fingerprint density at radius 2 is 2.19 bits per heavy atom. The molecule has 4 rings (SSSR count). The molecule has 0 amide bonds. The van der Waals surface area contributed by atoms with E-state index in [4.69, 9.17) is 18.0 Å². The molecule has 0 bridgehead atoms. The summed E-state index contributed by atoms with van der Waals surface area (Å²) in [6.45, 7) is -0.135. The van der Waals surface area contributed by atoms with Crippen molar-refractivity contribution in [3.63, 3.8) is 0 Å². The van der Waals surface area contributed by atoms with Gasteiger partial charge in [-0.2, -0.15) is 18.3 Å². The van der Waals surface area contributed by atoms with Crippen LogP contribution in [0.1, 0.15) is 29.4 Å². The first-order valence-corrected chi connectivity index (χ1v) is 8.80. The zero-order chi connectivity index (χ0) is 18.6. The molecule has 1 saturated carbocycles. The number of hydrogen-bond acceptors (Lipinski definition) is 4. The summed E-state index contributed by atoms with van der Waals surface area (Å²) in [7, 11) is 0. The van der Waals surface area contributed by atoms with Crippen molar-refractivity contribution in [3.05, 3.63) is 50.1 Å². The summed E-state index contributed by atoms with van der Waals surface area (Å²) in [5, 5.41) is 5.11. The molecule has 134 valence electrons. The van der Waals surface area contributed by atoms with Gasteiger partial charge in [0, 0.05) is 35.0 Å². The highest BCUT2D eigenvalue weighted by atomic mass is 35.5. The van der Waals surface area contributed by atoms with E-state index in [9.17, 15) is 18.0 Å². The number of nitrogens with zero attached hydrogens (tertiary/aromatic N) is 4. The van der Waals surface area contributed by atoms with Crippen LogP contribution in [0.15, 0.2) is 22.3 Å². The summed E-state index contributed by atoms with van der Waals surface area (Å²) in [5.41, 5.74) is -0.282. The van der Waals surface area contributed by atoms with Crippen molar-refractivity contribution in [2.24, 2.45) is 5.92 Å². The van der Waals surface area contributed by atoms with Gasteiger partial charge >= 0.3 is 6.18 Å². The highest BCUT2D eigenvalue weighted by Crippen LogP contribution is 2.47. The molecular weight excluding hydrogens is 389 g/mol. The normalized spacial score (nSPS) is 19.7. The fraction of sp³-hybridized carbons (Fsp3) is 0.312. The number of fused-ring (bicyclic) bond motifs is 1. The lowest BCUT2D eigenvalue weighted by atomic mass is 10.2. The Morgan fingerprint density at radius 1 is 1.42 bits per heavy atom. The van der Waals surface area contributed by atoms with E-state index >= 15 is 0 Å². The van der Waals surface area contributed by atoms with E-state index in [1.54, 1.807) is 0 Å². The van der Waals surface area contributed by atoms with Gasteiger partial charge in [-0.3, -0.25) is 9.20 Å². The molecule has 2 atom stereocenters. The van der Waals surface area contributed by atoms with E-state index in [1.807, 2.05) is 5.38 Å². The molecule has 26 heavy (non-hydrogen) atoms. The van der Waals surface area contributed by atoms with Crippen LogP contribution >= 0.6 is 22.9 Å². The van der Waals surface area contributed by atoms with Crippen molar-refractivity contribution >= 4 is 27.9 Å². The Hall–Kier alpha value is -2.31. The Kier molecular flexibility index (Phi) is 3.86. The lowest BCUT2D eigenvalue weighted by Gasteiger charge is -2.05. The first-order valence-electron chi connectivity index (χ1n) is 7.54. The first-order chi connectivity index (χ1) is 12.3. The second-order valence-electron chi connectivity index (χ2n) is 5.99. The van der Waals surface area contributed by atoms with Crippen LogP contribution in [0.25, 0.3) is 4.96 Å².